The highest BCUT2D eigenvalue weighted by Gasteiger charge is 2.32. The minimum Gasteiger partial charge on any atom is -0.436 e. The fourth-order valence-corrected chi connectivity index (χ4v) is 5.74. The van der Waals surface area contributed by atoms with E-state index in [1.165, 1.54) is 28.6 Å². The van der Waals surface area contributed by atoms with Crippen LogP contribution in [0.4, 0.5) is 5.69 Å². The van der Waals surface area contributed by atoms with E-state index in [2.05, 4.69) is 10.3 Å². The largest absolute Gasteiger partial charge is 0.436 e. The van der Waals surface area contributed by atoms with Gasteiger partial charge >= 0.3 is 0 Å². The second-order valence-corrected chi connectivity index (χ2v) is 10.6. The third kappa shape index (κ3) is 4.84. The van der Waals surface area contributed by atoms with E-state index in [-0.39, 0.29) is 23.0 Å². The zero-order valence-electron chi connectivity index (χ0n) is 19.3. The summed E-state index contributed by atoms with van der Waals surface area (Å²) < 4.78 is 38.9. The molecule has 35 heavy (non-hydrogen) atoms. The second kappa shape index (κ2) is 9.26. The van der Waals surface area contributed by atoms with Crippen LogP contribution in [-0.2, 0) is 14.8 Å². The maximum atomic E-state index is 13.0. The van der Waals surface area contributed by atoms with Crippen molar-refractivity contribution in [2.75, 3.05) is 18.4 Å². The lowest BCUT2D eigenvalue weighted by Gasteiger charge is -2.34. The number of morpholine rings is 1. The normalized spacial score (nSPS) is 19.0. The number of amides is 1. The van der Waals surface area contributed by atoms with Gasteiger partial charge in [0.2, 0.25) is 15.9 Å². The monoisotopic (exact) mass is 491 g/mol. The number of nitrogens with one attached hydrogen (secondary N) is 1. The van der Waals surface area contributed by atoms with E-state index in [1.807, 2.05) is 50.2 Å². The molecule has 1 amide bonds. The molecule has 4 aromatic rings. The minimum absolute atomic E-state index is 0.151. The van der Waals surface area contributed by atoms with Crippen LogP contribution in [0, 0.1) is 0 Å². The van der Waals surface area contributed by atoms with Crippen molar-refractivity contribution in [2.45, 2.75) is 31.0 Å². The summed E-state index contributed by atoms with van der Waals surface area (Å²) in [5.74, 6) is 0.169. The molecule has 1 aliphatic rings. The Balaban J connectivity index is 1.27. The molecule has 0 spiro atoms. The standard InChI is InChI=1S/C26H25N3O5S/c1-17-15-29(16-18(2)33-17)35(31,32)22-13-9-19(10-14-22)25(30)27-21-11-7-20(8-12-21)26-28-23-5-3-4-6-24(23)34-26/h3-14,17-18H,15-16H2,1-2H3,(H,27,30). The number of aromatic nitrogens is 1. The van der Waals surface area contributed by atoms with Crippen LogP contribution >= 0.6 is 0 Å². The maximum Gasteiger partial charge on any atom is 0.255 e. The first kappa shape index (κ1) is 23.2. The van der Waals surface area contributed by atoms with Crippen molar-refractivity contribution in [1.82, 2.24) is 9.29 Å². The summed E-state index contributed by atoms with van der Waals surface area (Å²) >= 11 is 0. The van der Waals surface area contributed by atoms with E-state index >= 15 is 0 Å². The topological polar surface area (TPSA) is 102 Å². The number of hydrogen-bond acceptors (Lipinski definition) is 6. The third-order valence-corrected chi connectivity index (χ3v) is 7.67. The molecule has 0 bridgehead atoms. The maximum absolute atomic E-state index is 13.0. The van der Waals surface area contributed by atoms with Gasteiger partial charge in [0.15, 0.2) is 5.58 Å². The molecule has 2 atom stereocenters. The van der Waals surface area contributed by atoms with Crippen molar-refractivity contribution >= 4 is 32.7 Å². The van der Waals surface area contributed by atoms with Crippen LogP contribution in [0.25, 0.3) is 22.6 Å². The first-order valence-electron chi connectivity index (χ1n) is 11.3. The molecule has 5 rings (SSSR count). The van der Waals surface area contributed by atoms with Gasteiger partial charge in [-0.1, -0.05) is 12.1 Å². The Kier molecular flexibility index (Phi) is 6.14. The van der Waals surface area contributed by atoms with E-state index in [9.17, 15) is 13.2 Å². The number of carbonyl (C=O) groups is 1. The van der Waals surface area contributed by atoms with Crippen molar-refractivity contribution in [3.63, 3.8) is 0 Å². The van der Waals surface area contributed by atoms with Crippen molar-refractivity contribution < 1.29 is 22.4 Å². The molecule has 1 fully saturated rings. The molecule has 8 nitrogen and oxygen atoms in total. The summed E-state index contributed by atoms with van der Waals surface area (Å²) in [4.78, 5) is 17.3. The summed E-state index contributed by atoms with van der Waals surface area (Å²) in [6.07, 6.45) is -0.347. The van der Waals surface area contributed by atoms with Gasteiger partial charge < -0.3 is 14.5 Å². The number of hydrogen-bond donors (Lipinski definition) is 1. The predicted octanol–water partition coefficient (Wildman–Crippen LogP) is 4.55. The van der Waals surface area contributed by atoms with Crippen molar-refractivity contribution in [3.8, 4) is 11.5 Å². The Morgan fingerprint density at radius 3 is 2.26 bits per heavy atom. The third-order valence-electron chi connectivity index (χ3n) is 5.82. The lowest BCUT2D eigenvalue weighted by molar-refractivity contribution is -0.0440. The van der Waals surface area contributed by atoms with Crippen LogP contribution in [0.2, 0.25) is 0 Å². The molecule has 180 valence electrons. The van der Waals surface area contributed by atoms with Gasteiger partial charge in [-0.15, -0.1) is 0 Å². The van der Waals surface area contributed by atoms with Gasteiger partial charge in [-0.05, 0) is 74.5 Å². The molecule has 0 radical (unpaired) electrons. The molecule has 1 saturated heterocycles. The van der Waals surface area contributed by atoms with E-state index in [0.29, 0.717) is 35.8 Å². The van der Waals surface area contributed by atoms with Gasteiger partial charge in [0.05, 0.1) is 17.1 Å². The van der Waals surface area contributed by atoms with Crippen molar-refractivity contribution in [3.05, 3.63) is 78.4 Å². The zero-order chi connectivity index (χ0) is 24.6. The molecule has 0 saturated carbocycles. The van der Waals surface area contributed by atoms with E-state index in [1.54, 1.807) is 12.1 Å². The summed E-state index contributed by atoms with van der Waals surface area (Å²) in [6, 6.07) is 20.7. The van der Waals surface area contributed by atoms with Crippen LogP contribution in [0.5, 0.6) is 0 Å². The average Bonchev–Trinajstić information content (AvgIpc) is 3.28. The molecule has 2 heterocycles. The highest BCUT2D eigenvalue weighted by atomic mass is 32.2. The molecule has 9 heteroatoms. The Labute approximate surface area is 203 Å². The number of benzene rings is 3. The highest BCUT2D eigenvalue weighted by Crippen LogP contribution is 2.26. The minimum atomic E-state index is -3.66. The summed E-state index contributed by atoms with van der Waals surface area (Å²) in [6.45, 7) is 4.31. The fraction of sp³-hybridized carbons (Fsp3) is 0.231. The molecular formula is C26H25N3O5S. The highest BCUT2D eigenvalue weighted by molar-refractivity contribution is 7.89. The first-order chi connectivity index (χ1) is 16.8. The van der Waals surface area contributed by atoms with Gasteiger partial charge in [-0.3, -0.25) is 4.79 Å². The lowest BCUT2D eigenvalue weighted by atomic mass is 10.2. The molecule has 3 aromatic carbocycles. The number of sulfonamides is 1. The van der Waals surface area contributed by atoms with Crippen LogP contribution < -0.4 is 5.32 Å². The smallest absolute Gasteiger partial charge is 0.255 e. The van der Waals surface area contributed by atoms with Gasteiger partial charge in [0.1, 0.15) is 5.52 Å². The van der Waals surface area contributed by atoms with Crippen LogP contribution in [0.15, 0.2) is 82.1 Å². The first-order valence-corrected chi connectivity index (χ1v) is 12.8. The summed E-state index contributed by atoms with van der Waals surface area (Å²) in [5, 5.41) is 2.83. The number of rotatable bonds is 5. The van der Waals surface area contributed by atoms with E-state index in [4.69, 9.17) is 9.15 Å². The number of ether oxygens (including phenoxy) is 1. The van der Waals surface area contributed by atoms with E-state index in [0.717, 1.165) is 11.1 Å². The number of oxazole rings is 1. The van der Waals surface area contributed by atoms with Crippen LogP contribution in [0.3, 0.4) is 0 Å². The zero-order valence-corrected chi connectivity index (χ0v) is 20.2. The molecule has 1 aromatic heterocycles. The van der Waals surface area contributed by atoms with Gasteiger partial charge in [0.25, 0.3) is 5.91 Å². The molecule has 1 aliphatic heterocycles. The number of nitrogens with zero attached hydrogens (tertiary/aromatic N) is 2. The lowest BCUT2D eigenvalue weighted by Crippen LogP contribution is -2.48. The number of fused-ring (bicyclic) bond motifs is 1. The predicted molar refractivity (Wildman–Crippen MR) is 133 cm³/mol. The Hall–Kier alpha value is -3.53. The summed E-state index contributed by atoms with van der Waals surface area (Å²) in [7, 11) is -3.66. The van der Waals surface area contributed by atoms with Crippen LogP contribution in [0.1, 0.15) is 24.2 Å². The molecule has 1 N–H and O–H groups in total. The van der Waals surface area contributed by atoms with Crippen molar-refractivity contribution in [2.24, 2.45) is 0 Å². The van der Waals surface area contributed by atoms with E-state index < -0.39 is 10.0 Å². The summed E-state index contributed by atoms with van der Waals surface area (Å²) in [5.41, 5.74) is 3.24. The fourth-order valence-electron chi connectivity index (χ4n) is 4.15. The number of carbonyl (C=O) groups excluding carboxylic acids is 1. The Morgan fingerprint density at radius 1 is 0.943 bits per heavy atom. The molecular weight excluding hydrogens is 466 g/mol. The Morgan fingerprint density at radius 2 is 1.60 bits per heavy atom. The molecule has 2 unspecified atom stereocenters. The number of anilines is 1. The second-order valence-electron chi connectivity index (χ2n) is 8.62. The van der Waals surface area contributed by atoms with Gasteiger partial charge in [-0.2, -0.15) is 4.31 Å². The van der Waals surface area contributed by atoms with Gasteiger partial charge in [0, 0.05) is 29.9 Å². The van der Waals surface area contributed by atoms with Crippen LogP contribution in [-0.4, -0.2) is 48.9 Å². The SMILES string of the molecule is CC1CN(S(=O)(=O)c2ccc(C(=O)Nc3ccc(-c4nc5ccccc5o4)cc3)cc2)CC(C)O1. The molecule has 0 aliphatic carbocycles. The number of para-hydroxylation sites is 2. The quantitative estimate of drug-likeness (QED) is 0.440. The average molecular weight is 492 g/mol. The van der Waals surface area contributed by atoms with Crippen molar-refractivity contribution in [1.29, 1.82) is 0 Å². The van der Waals surface area contributed by atoms with Gasteiger partial charge in [-0.25, -0.2) is 13.4 Å². The Bertz CT molecular complexity index is 1420.